The van der Waals surface area contributed by atoms with Crippen LogP contribution in [0.5, 0.6) is 0 Å². The lowest BCUT2D eigenvalue weighted by molar-refractivity contribution is -0.384. The Labute approximate surface area is 179 Å². The highest BCUT2D eigenvalue weighted by atomic mass is 16.6. The maximum Gasteiger partial charge on any atom is 0.270 e. The zero-order valence-corrected chi connectivity index (χ0v) is 17.2. The molecule has 0 radical (unpaired) electrons. The van der Waals surface area contributed by atoms with E-state index in [0.717, 1.165) is 11.3 Å². The van der Waals surface area contributed by atoms with Crippen molar-refractivity contribution < 1.29 is 14.5 Å². The molecule has 1 saturated heterocycles. The first-order valence-electron chi connectivity index (χ1n) is 10.2. The molecule has 2 aliphatic heterocycles. The number of hydrazone groups is 1. The van der Waals surface area contributed by atoms with Gasteiger partial charge in [-0.3, -0.25) is 19.7 Å². The fourth-order valence-corrected chi connectivity index (χ4v) is 3.80. The molecule has 2 aromatic rings. The van der Waals surface area contributed by atoms with Gasteiger partial charge in [-0.15, -0.1) is 0 Å². The van der Waals surface area contributed by atoms with E-state index in [0.29, 0.717) is 44.0 Å². The number of hydrogen-bond acceptors (Lipinski definition) is 6. The number of nitro benzene ring substituents is 1. The second-order valence-corrected chi connectivity index (χ2v) is 7.64. The van der Waals surface area contributed by atoms with Gasteiger partial charge >= 0.3 is 0 Å². The largest absolute Gasteiger partial charge is 0.368 e. The number of carbonyl (C=O) groups excluding carboxylic acids is 2. The smallest absolute Gasteiger partial charge is 0.270 e. The van der Waals surface area contributed by atoms with Crippen LogP contribution in [0.25, 0.3) is 0 Å². The molecular formula is C22H23N5O4. The summed E-state index contributed by atoms with van der Waals surface area (Å²) in [5.74, 6) is -0.265. The molecule has 160 valence electrons. The van der Waals surface area contributed by atoms with Crippen LogP contribution in [-0.4, -0.2) is 53.5 Å². The quantitative estimate of drug-likeness (QED) is 0.558. The first-order chi connectivity index (χ1) is 14.9. The van der Waals surface area contributed by atoms with Crippen molar-refractivity contribution in [2.75, 3.05) is 36.1 Å². The molecule has 0 aromatic heterocycles. The third kappa shape index (κ3) is 4.40. The molecule has 9 heteroatoms. The first kappa shape index (κ1) is 20.5. The Balaban J connectivity index is 1.42. The zero-order chi connectivity index (χ0) is 22.0. The van der Waals surface area contributed by atoms with Gasteiger partial charge in [0.1, 0.15) is 5.71 Å². The van der Waals surface area contributed by atoms with Crippen LogP contribution in [0.2, 0.25) is 0 Å². The van der Waals surface area contributed by atoms with Crippen LogP contribution in [0.4, 0.5) is 17.1 Å². The third-order valence-corrected chi connectivity index (χ3v) is 5.52. The van der Waals surface area contributed by atoms with Gasteiger partial charge in [-0.05, 0) is 36.8 Å². The third-order valence-electron chi connectivity index (χ3n) is 5.52. The fourth-order valence-electron chi connectivity index (χ4n) is 3.80. The number of carbonyl (C=O) groups is 2. The van der Waals surface area contributed by atoms with Gasteiger partial charge in [0.15, 0.2) is 0 Å². The van der Waals surface area contributed by atoms with Crippen LogP contribution in [0.3, 0.4) is 0 Å². The van der Waals surface area contributed by atoms with E-state index < -0.39 is 4.92 Å². The minimum Gasteiger partial charge on any atom is -0.368 e. The molecule has 2 heterocycles. The van der Waals surface area contributed by atoms with E-state index in [1.54, 1.807) is 17.0 Å². The van der Waals surface area contributed by atoms with E-state index >= 15 is 0 Å². The number of non-ortho nitro benzene ring substituents is 1. The van der Waals surface area contributed by atoms with Crippen molar-refractivity contribution in [1.29, 1.82) is 0 Å². The monoisotopic (exact) mass is 421 g/mol. The summed E-state index contributed by atoms with van der Waals surface area (Å²) in [6.45, 7) is 4.23. The summed E-state index contributed by atoms with van der Waals surface area (Å²) in [5.41, 5.74) is 3.02. The lowest BCUT2D eigenvalue weighted by Crippen LogP contribution is -2.51. The van der Waals surface area contributed by atoms with Crippen molar-refractivity contribution in [2.24, 2.45) is 5.10 Å². The SMILES string of the molecule is Cc1cccc(N2N=C(C(=O)N3CCN(c4ccc([N+](=O)[O-])cc4)CC3)CCC2=O)c1. The van der Waals surface area contributed by atoms with Gasteiger partial charge in [0.05, 0.1) is 10.6 Å². The molecule has 2 amide bonds. The topological polar surface area (TPSA) is 99.4 Å². The molecule has 1 fully saturated rings. The number of piperazine rings is 1. The molecule has 2 aromatic carbocycles. The number of nitro groups is 1. The van der Waals surface area contributed by atoms with Gasteiger partial charge in [-0.2, -0.15) is 5.10 Å². The van der Waals surface area contributed by atoms with Crippen molar-refractivity contribution in [3.05, 3.63) is 64.2 Å². The molecule has 31 heavy (non-hydrogen) atoms. The van der Waals surface area contributed by atoms with Crippen molar-refractivity contribution in [3.8, 4) is 0 Å². The molecule has 0 aliphatic carbocycles. The number of rotatable bonds is 4. The lowest BCUT2D eigenvalue weighted by atomic mass is 10.1. The molecule has 0 bridgehead atoms. The summed E-state index contributed by atoms with van der Waals surface area (Å²) in [7, 11) is 0. The summed E-state index contributed by atoms with van der Waals surface area (Å²) in [6, 6.07) is 13.9. The number of aryl methyl sites for hydroxylation is 1. The van der Waals surface area contributed by atoms with Gasteiger partial charge in [0.2, 0.25) is 5.91 Å². The average Bonchev–Trinajstić information content (AvgIpc) is 2.79. The van der Waals surface area contributed by atoms with E-state index in [-0.39, 0.29) is 23.9 Å². The van der Waals surface area contributed by atoms with Crippen molar-refractivity contribution in [2.45, 2.75) is 19.8 Å². The minimum absolute atomic E-state index is 0.0561. The van der Waals surface area contributed by atoms with Gasteiger partial charge in [-0.25, -0.2) is 5.01 Å². The Morgan fingerprint density at radius 2 is 1.71 bits per heavy atom. The van der Waals surface area contributed by atoms with Crippen molar-refractivity contribution in [3.63, 3.8) is 0 Å². The standard InChI is InChI=1S/C22H23N5O4/c1-16-3-2-4-19(15-16)26-21(28)10-9-20(23-26)22(29)25-13-11-24(12-14-25)17-5-7-18(8-6-17)27(30)31/h2-8,15H,9-14H2,1H3. The fraction of sp³-hybridized carbons (Fsp3) is 0.318. The Bertz CT molecular complexity index is 1040. The van der Waals surface area contributed by atoms with Gasteiger partial charge in [-0.1, -0.05) is 12.1 Å². The lowest BCUT2D eigenvalue weighted by Gasteiger charge is -2.36. The number of anilines is 2. The molecule has 2 aliphatic rings. The van der Waals surface area contributed by atoms with Gasteiger partial charge in [0, 0.05) is 56.8 Å². The number of amides is 2. The molecule has 4 rings (SSSR count). The van der Waals surface area contributed by atoms with Crippen LogP contribution in [-0.2, 0) is 9.59 Å². The summed E-state index contributed by atoms with van der Waals surface area (Å²) >= 11 is 0. The second-order valence-electron chi connectivity index (χ2n) is 7.64. The summed E-state index contributed by atoms with van der Waals surface area (Å²) in [5, 5.41) is 16.5. The second kappa shape index (κ2) is 8.55. The Morgan fingerprint density at radius 3 is 2.35 bits per heavy atom. The van der Waals surface area contributed by atoms with Crippen LogP contribution < -0.4 is 9.91 Å². The molecule has 0 atom stereocenters. The van der Waals surface area contributed by atoms with Gasteiger partial charge < -0.3 is 9.80 Å². The van der Waals surface area contributed by atoms with Gasteiger partial charge in [0.25, 0.3) is 11.6 Å². The first-order valence-corrected chi connectivity index (χ1v) is 10.2. The van der Waals surface area contributed by atoms with Crippen LogP contribution in [0.1, 0.15) is 18.4 Å². The normalized spacial score (nSPS) is 16.9. The Hall–Kier alpha value is -3.75. The highest BCUT2D eigenvalue weighted by Gasteiger charge is 2.30. The van der Waals surface area contributed by atoms with Crippen LogP contribution in [0, 0.1) is 17.0 Å². The van der Waals surface area contributed by atoms with E-state index in [4.69, 9.17) is 0 Å². The zero-order valence-electron chi connectivity index (χ0n) is 17.2. The van der Waals surface area contributed by atoms with E-state index in [1.165, 1.54) is 17.1 Å². The van der Waals surface area contributed by atoms with Crippen molar-refractivity contribution in [1.82, 2.24) is 4.90 Å². The Kier molecular flexibility index (Phi) is 5.66. The van der Waals surface area contributed by atoms with E-state index in [9.17, 15) is 19.7 Å². The average molecular weight is 421 g/mol. The maximum absolute atomic E-state index is 13.0. The summed E-state index contributed by atoms with van der Waals surface area (Å²) in [6.07, 6.45) is 0.587. The molecule has 0 unspecified atom stereocenters. The molecule has 0 saturated carbocycles. The molecular weight excluding hydrogens is 398 g/mol. The maximum atomic E-state index is 13.0. The van der Waals surface area contributed by atoms with Crippen LogP contribution in [0.15, 0.2) is 53.6 Å². The Morgan fingerprint density at radius 1 is 1.00 bits per heavy atom. The predicted octanol–water partition coefficient (Wildman–Crippen LogP) is 2.73. The minimum atomic E-state index is -0.421. The molecule has 0 spiro atoms. The number of nitrogens with zero attached hydrogens (tertiary/aromatic N) is 5. The predicted molar refractivity (Wildman–Crippen MR) is 117 cm³/mol. The summed E-state index contributed by atoms with van der Waals surface area (Å²) in [4.78, 5) is 39.6. The highest BCUT2D eigenvalue weighted by Crippen LogP contribution is 2.23. The van der Waals surface area contributed by atoms with E-state index in [2.05, 4.69) is 10.0 Å². The number of benzene rings is 2. The van der Waals surface area contributed by atoms with E-state index in [1.807, 2.05) is 31.2 Å². The van der Waals surface area contributed by atoms with Crippen molar-refractivity contribution >= 4 is 34.6 Å². The molecule has 9 nitrogen and oxygen atoms in total. The summed E-state index contributed by atoms with van der Waals surface area (Å²) < 4.78 is 0. The number of hydrogen-bond donors (Lipinski definition) is 0. The highest BCUT2D eigenvalue weighted by molar-refractivity contribution is 6.40. The molecule has 0 N–H and O–H groups in total. The van der Waals surface area contributed by atoms with Crippen LogP contribution >= 0.6 is 0 Å².